The zero-order valence-corrected chi connectivity index (χ0v) is 25.8. The molecule has 4 rings (SSSR count). The molecule has 0 saturated carbocycles. The number of H-pyrrole nitrogens is 1. The van der Waals surface area contributed by atoms with Crippen molar-refractivity contribution in [3.8, 4) is 5.75 Å². The number of aromatic amines is 1. The van der Waals surface area contributed by atoms with E-state index >= 15 is 0 Å². The molecule has 0 radical (unpaired) electrons. The zero-order valence-electron chi connectivity index (χ0n) is 25.8. The Morgan fingerprint density at radius 3 is 2.17 bits per heavy atom. The third kappa shape index (κ3) is 10.9. The summed E-state index contributed by atoms with van der Waals surface area (Å²) in [6, 6.07) is 14.4. The van der Waals surface area contributed by atoms with Crippen LogP contribution in [0.4, 0.5) is 0 Å². The fraction of sp³-hybridized carbons (Fsp3) is 0.667. The van der Waals surface area contributed by atoms with Crippen LogP contribution in [0.3, 0.4) is 0 Å². The number of rotatable bonds is 21. The topological polar surface area (TPSA) is 60.5 Å². The minimum absolute atomic E-state index is 0.295. The molecule has 0 bridgehead atoms. The number of nitrogens with one attached hydrogen (secondary N) is 2. The summed E-state index contributed by atoms with van der Waals surface area (Å²) < 4.78 is 6.09. The summed E-state index contributed by atoms with van der Waals surface area (Å²) in [6.07, 6.45) is 20.5. The van der Waals surface area contributed by atoms with Crippen molar-refractivity contribution in [1.82, 2.24) is 15.2 Å². The van der Waals surface area contributed by atoms with Gasteiger partial charge < -0.3 is 25.0 Å². The van der Waals surface area contributed by atoms with Crippen LogP contribution in [0.2, 0.25) is 0 Å². The fourth-order valence-electron chi connectivity index (χ4n) is 6.45. The average Bonchev–Trinajstić information content (AvgIpc) is 3.38. The molecule has 41 heavy (non-hydrogen) atoms. The number of hydrogen-bond donors (Lipinski definition) is 3. The standard InChI is InChI=1S/C36H57N3O2/c1-2-3-4-5-6-7-8-9-10-11-12-13-16-24-39-25-22-30(23-26-39)27-37-28-31(40)29-41-35-21-17-20-34-36(35)32-18-14-15-19-33(32)38-34/h14-15,17-21,30-31,37-38,40H,2-13,16,22-29H2,1H3/t31-/m0/s1. The SMILES string of the molecule is CCCCCCCCCCCCCCCN1CCC(CNC[C@H](O)COc2cccc3[nH]c4ccccc4c23)CC1. The molecule has 1 aliphatic heterocycles. The lowest BCUT2D eigenvalue weighted by atomic mass is 9.96. The molecule has 5 nitrogen and oxygen atoms in total. The first-order valence-corrected chi connectivity index (χ1v) is 17.0. The van der Waals surface area contributed by atoms with E-state index in [0.29, 0.717) is 19.1 Å². The summed E-state index contributed by atoms with van der Waals surface area (Å²) in [5.74, 6) is 1.54. The van der Waals surface area contributed by atoms with Gasteiger partial charge in [0.25, 0.3) is 0 Å². The Hall–Kier alpha value is -2.08. The van der Waals surface area contributed by atoms with Gasteiger partial charge in [-0.25, -0.2) is 0 Å². The maximum atomic E-state index is 10.6. The lowest BCUT2D eigenvalue weighted by Crippen LogP contribution is -2.40. The van der Waals surface area contributed by atoms with Crippen LogP contribution < -0.4 is 10.1 Å². The molecule has 0 spiro atoms. The van der Waals surface area contributed by atoms with Gasteiger partial charge in [-0.15, -0.1) is 0 Å². The number of unbranched alkanes of at least 4 members (excludes halogenated alkanes) is 12. The minimum Gasteiger partial charge on any atom is -0.490 e. The van der Waals surface area contributed by atoms with Crippen LogP contribution in [-0.2, 0) is 0 Å². The Morgan fingerprint density at radius 1 is 0.829 bits per heavy atom. The fourth-order valence-corrected chi connectivity index (χ4v) is 6.45. The van der Waals surface area contributed by atoms with Gasteiger partial charge in [0.05, 0.1) is 5.52 Å². The van der Waals surface area contributed by atoms with Crippen LogP contribution in [0.5, 0.6) is 5.75 Å². The molecule has 1 aromatic heterocycles. The summed E-state index contributed by atoms with van der Waals surface area (Å²) in [4.78, 5) is 6.12. The number of nitrogens with zero attached hydrogens (tertiary/aromatic N) is 1. The predicted octanol–water partition coefficient (Wildman–Crippen LogP) is 8.45. The van der Waals surface area contributed by atoms with E-state index in [0.717, 1.165) is 34.1 Å². The van der Waals surface area contributed by atoms with Gasteiger partial charge in [-0.1, -0.05) is 108 Å². The quantitative estimate of drug-likeness (QED) is 0.114. The Kier molecular flexibility index (Phi) is 14.3. The van der Waals surface area contributed by atoms with Crippen molar-refractivity contribution < 1.29 is 9.84 Å². The second kappa shape index (κ2) is 18.5. The van der Waals surface area contributed by atoms with Crippen LogP contribution in [0.1, 0.15) is 103 Å². The van der Waals surface area contributed by atoms with Crippen LogP contribution in [0.15, 0.2) is 42.5 Å². The molecular weight excluding hydrogens is 506 g/mol. The van der Waals surface area contributed by atoms with E-state index in [4.69, 9.17) is 4.74 Å². The molecule has 1 aliphatic rings. The number of piperidine rings is 1. The molecule has 1 fully saturated rings. The first-order valence-electron chi connectivity index (χ1n) is 17.0. The first kappa shape index (κ1) is 31.8. The normalized spacial score (nSPS) is 15.7. The van der Waals surface area contributed by atoms with Crippen molar-refractivity contribution in [3.05, 3.63) is 42.5 Å². The summed E-state index contributed by atoms with van der Waals surface area (Å²) in [7, 11) is 0. The Balaban J connectivity index is 0.987. The molecule has 0 unspecified atom stereocenters. The van der Waals surface area contributed by atoms with Gasteiger partial charge in [-0.2, -0.15) is 0 Å². The van der Waals surface area contributed by atoms with Gasteiger partial charge in [0, 0.05) is 22.8 Å². The van der Waals surface area contributed by atoms with Crippen molar-refractivity contribution in [1.29, 1.82) is 0 Å². The van der Waals surface area contributed by atoms with Gasteiger partial charge in [0.2, 0.25) is 0 Å². The molecule has 0 amide bonds. The maximum Gasteiger partial charge on any atom is 0.129 e. The minimum atomic E-state index is -0.522. The summed E-state index contributed by atoms with van der Waals surface area (Å²) in [6.45, 7) is 7.88. The van der Waals surface area contributed by atoms with Gasteiger partial charge >= 0.3 is 0 Å². The highest BCUT2D eigenvalue weighted by atomic mass is 16.5. The molecule has 2 aromatic carbocycles. The van der Waals surface area contributed by atoms with Crippen molar-refractivity contribution >= 4 is 21.8 Å². The highest BCUT2D eigenvalue weighted by Crippen LogP contribution is 2.33. The second-order valence-electron chi connectivity index (χ2n) is 12.5. The largest absolute Gasteiger partial charge is 0.490 e. The first-order chi connectivity index (χ1) is 20.2. The van der Waals surface area contributed by atoms with Crippen LogP contribution in [0.25, 0.3) is 21.8 Å². The monoisotopic (exact) mass is 563 g/mol. The molecule has 228 valence electrons. The number of aromatic nitrogens is 1. The average molecular weight is 564 g/mol. The van der Waals surface area contributed by atoms with Gasteiger partial charge in [-0.05, 0) is 69.6 Å². The molecule has 1 saturated heterocycles. The van der Waals surface area contributed by atoms with Crippen LogP contribution in [-0.4, -0.2) is 60.4 Å². The number of para-hydroxylation sites is 1. The zero-order chi connectivity index (χ0) is 28.5. The van der Waals surface area contributed by atoms with Crippen molar-refractivity contribution in [2.45, 2.75) is 109 Å². The van der Waals surface area contributed by atoms with Crippen molar-refractivity contribution in [2.75, 3.05) is 39.3 Å². The van der Waals surface area contributed by atoms with Crippen molar-refractivity contribution in [2.24, 2.45) is 5.92 Å². The van der Waals surface area contributed by atoms with E-state index in [9.17, 15) is 5.11 Å². The van der Waals surface area contributed by atoms with Crippen LogP contribution in [0, 0.1) is 5.92 Å². The van der Waals surface area contributed by atoms with E-state index in [2.05, 4.69) is 46.4 Å². The lowest BCUT2D eigenvalue weighted by molar-refractivity contribution is 0.104. The third-order valence-corrected chi connectivity index (χ3v) is 9.02. The number of ether oxygens (including phenoxy) is 1. The second-order valence-corrected chi connectivity index (χ2v) is 12.5. The van der Waals surface area contributed by atoms with Crippen molar-refractivity contribution in [3.63, 3.8) is 0 Å². The maximum absolute atomic E-state index is 10.6. The Morgan fingerprint density at radius 2 is 1.46 bits per heavy atom. The summed E-state index contributed by atoms with van der Waals surface area (Å²) in [5.41, 5.74) is 2.17. The summed E-state index contributed by atoms with van der Waals surface area (Å²) >= 11 is 0. The van der Waals surface area contributed by atoms with E-state index in [1.54, 1.807) is 0 Å². The van der Waals surface area contributed by atoms with Gasteiger partial charge in [-0.3, -0.25) is 0 Å². The van der Waals surface area contributed by atoms with E-state index in [1.807, 2.05) is 18.2 Å². The molecule has 1 atom stereocenters. The Labute approximate surface area is 249 Å². The molecule has 2 heterocycles. The Bertz CT molecular complexity index is 1100. The number of fused-ring (bicyclic) bond motifs is 3. The predicted molar refractivity (Wildman–Crippen MR) is 175 cm³/mol. The summed E-state index contributed by atoms with van der Waals surface area (Å²) in [5, 5.41) is 16.3. The highest BCUT2D eigenvalue weighted by Gasteiger charge is 2.19. The van der Waals surface area contributed by atoms with E-state index in [1.165, 1.54) is 116 Å². The number of likely N-dealkylation sites (tertiary alicyclic amines) is 1. The van der Waals surface area contributed by atoms with Gasteiger partial charge in [0.1, 0.15) is 18.5 Å². The molecule has 5 heteroatoms. The number of benzene rings is 2. The number of aliphatic hydroxyl groups is 1. The molecular formula is C36H57N3O2. The third-order valence-electron chi connectivity index (χ3n) is 9.02. The smallest absolute Gasteiger partial charge is 0.129 e. The molecule has 0 aliphatic carbocycles. The van der Waals surface area contributed by atoms with Crippen LogP contribution >= 0.6 is 0 Å². The molecule has 3 aromatic rings. The number of hydrogen-bond acceptors (Lipinski definition) is 4. The highest BCUT2D eigenvalue weighted by molar-refractivity contribution is 6.10. The number of aliphatic hydroxyl groups excluding tert-OH is 1. The lowest BCUT2D eigenvalue weighted by Gasteiger charge is -2.32. The van der Waals surface area contributed by atoms with Gasteiger partial charge in [0.15, 0.2) is 0 Å². The van der Waals surface area contributed by atoms with E-state index < -0.39 is 6.10 Å². The van der Waals surface area contributed by atoms with E-state index in [-0.39, 0.29) is 0 Å². The molecule has 3 N–H and O–H groups in total.